The van der Waals surface area contributed by atoms with Crippen molar-refractivity contribution in [1.82, 2.24) is 0 Å². The fraction of sp³-hybridized carbons (Fsp3) is 0.222. The van der Waals surface area contributed by atoms with Crippen LogP contribution in [0, 0.1) is 11.3 Å². The van der Waals surface area contributed by atoms with Crippen molar-refractivity contribution in [2.75, 3.05) is 7.11 Å². The predicted octanol–water partition coefficient (Wildman–Crippen LogP) is 1.82. The van der Waals surface area contributed by atoms with Crippen LogP contribution in [0.4, 0.5) is 0 Å². The van der Waals surface area contributed by atoms with Gasteiger partial charge in [-0.1, -0.05) is 36.4 Å². The highest BCUT2D eigenvalue weighted by Crippen LogP contribution is 1.79. The van der Waals surface area contributed by atoms with Gasteiger partial charge in [0.25, 0.3) is 0 Å². The molecule has 0 bridgehead atoms. The molecule has 1 aromatic carbocycles. The first kappa shape index (κ1) is 12.4. The average Bonchev–Trinajstić information content (AvgIpc) is 2.12. The number of aliphatic hydroxyl groups excluding tert-OH is 1. The number of hydrogen-bond donors (Lipinski definition) is 1. The van der Waals surface area contributed by atoms with Crippen LogP contribution in [0.1, 0.15) is 6.92 Å². The SMILES string of the molecule is CC#N.CO.c1ccccc1. The second-order valence-electron chi connectivity index (χ2n) is 1.38. The van der Waals surface area contributed by atoms with E-state index in [0.717, 1.165) is 7.11 Å². The smallest absolute Gasteiger partial charge is 0.0587 e. The van der Waals surface area contributed by atoms with E-state index in [1.54, 1.807) is 6.07 Å². The van der Waals surface area contributed by atoms with E-state index >= 15 is 0 Å². The Hall–Kier alpha value is -1.33. The maximum atomic E-state index is 7.32. The van der Waals surface area contributed by atoms with E-state index in [9.17, 15) is 0 Å². The summed E-state index contributed by atoms with van der Waals surface area (Å²) in [5, 5.41) is 14.3. The molecule has 0 radical (unpaired) electrons. The van der Waals surface area contributed by atoms with Gasteiger partial charge in [0.1, 0.15) is 0 Å². The number of hydrogen-bond acceptors (Lipinski definition) is 2. The lowest BCUT2D eigenvalue weighted by Gasteiger charge is -1.69. The molecule has 0 heterocycles. The number of aliphatic hydroxyl groups is 1. The molecule has 1 N–H and O–H groups in total. The Labute approximate surface area is 67.7 Å². The van der Waals surface area contributed by atoms with Crippen LogP contribution < -0.4 is 0 Å². The summed E-state index contributed by atoms with van der Waals surface area (Å²) >= 11 is 0. The van der Waals surface area contributed by atoms with Crippen molar-refractivity contribution in [2.45, 2.75) is 6.92 Å². The predicted molar refractivity (Wildman–Crippen MR) is 45.9 cm³/mol. The van der Waals surface area contributed by atoms with E-state index < -0.39 is 0 Å². The van der Waals surface area contributed by atoms with E-state index in [-0.39, 0.29) is 0 Å². The summed E-state index contributed by atoms with van der Waals surface area (Å²) in [4.78, 5) is 0. The molecule has 0 spiro atoms. The highest BCUT2D eigenvalue weighted by atomic mass is 16.2. The van der Waals surface area contributed by atoms with Crippen LogP contribution >= 0.6 is 0 Å². The minimum atomic E-state index is 1.00. The lowest BCUT2D eigenvalue weighted by Crippen LogP contribution is -1.47. The van der Waals surface area contributed by atoms with Crippen LogP contribution in [-0.2, 0) is 0 Å². The second-order valence-corrected chi connectivity index (χ2v) is 1.38. The normalized spacial score (nSPS) is 5.64. The summed E-state index contributed by atoms with van der Waals surface area (Å²) in [6.45, 7) is 1.43. The van der Waals surface area contributed by atoms with Crippen LogP contribution in [-0.4, -0.2) is 12.2 Å². The average molecular weight is 151 g/mol. The fourth-order valence-electron chi connectivity index (χ4n) is 0.385. The summed E-state index contributed by atoms with van der Waals surface area (Å²) in [6.07, 6.45) is 0. The van der Waals surface area contributed by atoms with Gasteiger partial charge < -0.3 is 5.11 Å². The minimum absolute atomic E-state index is 1.00. The van der Waals surface area contributed by atoms with E-state index in [4.69, 9.17) is 10.4 Å². The molecule has 0 saturated heterocycles. The molecule has 0 amide bonds. The zero-order valence-corrected chi connectivity index (χ0v) is 6.86. The first-order valence-corrected chi connectivity index (χ1v) is 3.17. The Morgan fingerprint density at radius 3 is 1.09 bits per heavy atom. The Morgan fingerprint density at radius 1 is 0.909 bits per heavy atom. The van der Waals surface area contributed by atoms with E-state index in [0.29, 0.717) is 0 Å². The summed E-state index contributed by atoms with van der Waals surface area (Å²) in [7, 11) is 1.00. The van der Waals surface area contributed by atoms with Gasteiger partial charge in [-0.15, -0.1) is 0 Å². The molecule has 0 atom stereocenters. The van der Waals surface area contributed by atoms with Crippen LogP contribution in [0.3, 0.4) is 0 Å². The van der Waals surface area contributed by atoms with E-state index in [1.807, 2.05) is 36.4 Å². The van der Waals surface area contributed by atoms with Crippen LogP contribution in [0.15, 0.2) is 36.4 Å². The Bertz CT molecular complexity index is 140. The lowest BCUT2D eigenvalue weighted by atomic mass is 10.4. The molecule has 0 aromatic heterocycles. The third kappa shape index (κ3) is 17.7. The van der Waals surface area contributed by atoms with Crippen LogP contribution in [0.5, 0.6) is 0 Å². The molecular formula is C9H13NO. The van der Waals surface area contributed by atoms with Gasteiger partial charge in [-0.25, -0.2) is 0 Å². The molecule has 0 saturated carbocycles. The molecule has 11 heavy (non-hydrogen) atoms. The quantitative estimate of drug-likeness (QED) is 0.614. The zero-order valence-electron chi connectivity index (χ0n) is 6.86. The van der Waals surface area contributed by atoms with Crippen LogP contribution in [0.25, 0.3) is 0 Å². The standard InChI is InChI=1S/C6H6.C2H3N.CH4O/c1-2-4-6-5-3-1;1-2-3;1-2/h1-6H;1H3;2H,1H3. The molecule has 0 fully saturated rings. The molecule has 0 aliphatic rings. The second kappa shape index (κ2) is 15.9. The summed E-state index contributed by atoms with van der Waals surface area (Å²) < 4.78 is 0. The minimum Gasteiger partial charge on any atom is -0.400 e. The Morgan fingerprint density at radius 2 is 1.00 bits per heavy atom. The van der Waals surface area contributed by atoms with Crippen molar-refractivity contribution in [2.24, 2.45) is 0 Å². The fourth-order valence-corrected chi connectivity index (χ4v) is 0.385. The van der Waals surface area contributed by atoms with E-state index in [1.165, 1.54) is 6.92 Å². The van der Waals surface area contributed by atoms with Crippen molar-refractivity contribution < 1.29 is 5.11 Å². The van der Waals surface area contributed by atoms with Gasteiger partial charge >= 0.3 is 0 Å². The Kier molecular flexibility index (Phi) is 17.8. The van der Waals surface area contributed by atoms with Crippen molar-refractivity contribution in [3.05, 3.63) is 36.4 Å². The largest absolute Gasteiger partial charge is 0.400 e. The highest BCUT2D eigenvalue weighted by Gasteiger charge is 1.57. The van der Waals surface area contributed by atoms with Crippen molar-refractivity contribution >= 4 is 0 Å². The molecule has 1 rings (SSSR count). The van der Waals surface area contributed by atoms with Crippen molar-refractivity contribution in [1.29, 1.82) is 5.26 Å². The maximum absolute atomic E-state index is 7.32. The molecule has 0 aliphatic heterocycles. The van der Waals surface area contributed by atoms with Crippen molar-refractivity contribution in [3.63, 3.8) is 0 Å². The number of benzene rings is 1. The third-order valence-corrected chi connectivity index (χ3v) is 0.667. The molecule has 1 aromatic rings. The monoisotopic (exact) mass is 151 g/mol. The molecule has 2 heteroatoms. The first-order chi connectivity index (χ1) is 5.41. The first-order valence-electron chi connectivity index (χ1n) is 3.17. The lowest BCUT2D eigenvalue weighted by molar-refractivity contribution is 0.399. The molecule has 0 aliphatic carbocycles. The van der Waals surface area contributed by atoms with Gasteiger partial charge in [-0.2, -0.15) is 5.26 Å². The van der Waals surface area contributed by atoms with Gasteiger partial charge in [0, 0.05) is 14.0 Å². The third-order valence-electron chi connectivity index (χ3n) is 0.667. The summed E-state index contributed by atoms with van der Waals surface area (Å²) in [6, 6.07) is 13.8. The molecule has 0 unspecified atom stereocenters. The number of rotatable bonds is 0. The number of nitrogens with zero attached hydrogens (tertiary/aromatic N) is 1. The van der Waals surface area contributed by atoms with Crippen LogP contribution in [0.2, 0.25) is 0 Å². The molecular weight excluding hydrogens is 138 g/mol. The number of nitriles is 1. The highest BCUT2D eigenvalue weighted by molar-refractivity contribution is 4.99. The van der Waals surface area contributed by atoms with Gasteiger partial charge in [0.05, 0.1) is 6.07 Å². The van der Waals surface area contributed by atoms with Gasteiger partial charge in [0.2, 0.25) is 0 Å². The summed E-state index contributed by atoms with van der Waals surface area (Å²) in [5.74, 6) is 0. The molecule has 2 nitrogen and oxygen atoms in total. The molecule has 60 valence electrons. The van der Waals surface area contributed by atoms with Gasteiger partial charge in [0.15, 0.2) is 0 Å². The van der Waals surface area contributed by atoms with Crippen molar-refractivity contribution in [3.8, 4) is 6.07 Å². The zero-order chi connectivity index (χ0) is 8.95. The summed E-state index contributed by atoms with van der Waals surface area (Å²) in [5.41, 5.74) is 0. The topological polar surface area (TPSA) is 44.0 Å². The van der Waals surface area contributed by atoms with Gasteiger partial charge in [-0.3, -0.25) is 0 Å². The Balaban J connectivity index is 0. The van der Waals surface area contributed by atoms with Gasteiger partial charge in [-0.05, 0) is 0 Å². The van der Waals surface area contributed by atoms with E-state index in [2.05, 4.69) is 0 Å². The maximum Gasteiger partial charge on any atom is 0.0587 e.